The van der Waals surface area contributed by atoms with E-state index in [1.54, 1.807) is 20.2 Å². The summed E-state index contributed by atoms with van der Waals surface area (Å²) in [5, 5.41) is 17.1. The zero-order valence-electron chi connectivity index (χ0n) is 7.27. The Bertz CT molecular complexity index is 234. The standard InChI is InChI=1S/C7H13N3O2/c1-6(11)7-5-8-10(9-7)3-4-12-2/h5-6,11H,3-4H2,1-2H3. The maximum absolute atomic E-state index is 9.12. The third-order valence-corrected chi connectivity index (χ3v) is 1.48. The molecule has 0 radical (unpaired) electrons. The van der Waals surface area contributed by atoms with Crippen LogP contribution in [0.25, 0.3) is 0 Å². The van der Waals surface area contributed by atoms with Crippen LogP contribution in [0.2, 0.25) is 0 Å². The third kappa shape index (κ3) is 2.28. The Morgan fingerprint density at radius 3 is 3.00 bits per heavy atom. The van der Waals surface area contributed by atoms with Gasteiger partial charge in [0.25, 0.3) is 0 Å². The van der Waals surface area contributed by atoms with E-state index in [4.69, 9.17) is 9.84 Å². The Hall–Kier alpha value is -0.940. The number of aliphatic hydroxyl groups excluding tert-OH is 1. The topological polar surface area (TPSA) is 60.2 Å². The lowest BCUT2D eigenvalue weighted by atomic mass is 10.3. The van der Waals surface area contributed by atoms with Gasteiger partial charge >= 0.3 is 0 Å². The number of methoxy groups -OCH3 is 1. The van der Waals surface area contributed by atoms with Crippen LogP contribution < -0.4 is 0 Å². The molecule has 0 spiro atoms. The van der Waals surface area contributed by atoms with Crippen LogP contribution >= 0.6 is 0 Å². The number of nitrogens with zero attached hydrogens (tertiary/aromatic N) is 3. The maximum atomic E-state index is 9.12. The first-order valence-corrected chi connectivity index (χ1v) is 3.81. The van der Waals surface area contributed by atoms with Crippen LogP contribution in [0.1, 0.15) is 18.7 Å². The largest absolute Gasteiger partial charge is 0.387 e. The predicted molar refractivity (Wildman–Crippen MR) is 42.5 cm³/mol. The van der Waals surface area contributed by atoms with E-state index in [0.717, 1.165) is 0 Å². The average molecular weight is 171 g/mol. The van der Waals surface area contributed by atoms with Gasteiger partial charge in [0.15, 0.2) is 0 Å². The van der Waals surface area contributed by atoms with Crippen molar-refractivity contribution in [2.45, 2.75) is 19.6 Å². The van der Waals surface area contributed by atoms with Crippen molar-refractivity contribution in [1.29, 1.82) is 0 Å². The first-order chi connectivity index (χ1) is 5.74. The van der Waals surface area contributed by atoms with Gasteiger partial charge in [-0.3, -0.25) is 0 Å². The van der Waals surface area contributed by atoms with E-state index in [-0.39, 0.29) is 0 Å². The van der Waals surface area contributed by atoms with Gasteiger partial charge in [0.1, 0.15) is 5.69 Å². The summed E-state index contributed by atoms with van der Waals surface area (Å²) in [6.45, 7) is 2.85. The molecule has 0 amide bonds. The molecule has 0 aliphatic rings. The minimum atomic E-state index is -0.554. The van der Waals surface area contributed by atoms with Crippen molar-refractivity contribution in [2.75, 3.05) is 13.7 Å². The summed E-state index contributed by atoms with van der Waals surface area (Å²) >= 11 is 0. The second-order valence-corrected chi connectivity index (χ2v) is 2.53. The maximum Gasteiger partial charge on any atom is 0.111 e. The fraction of sp³-hybridized carbons (Fsp3) is 0.714. The van der Waals surface area contributed by atoms with Gasteiger partial charge in [-0.1, -0.05) is 0 Å². The zero-order chi connectivity index (χ0) is 8.97. The average Bonchev–Trinajstić information content (AvgIpc) is 2.48. The third-order valence-electron chi connectivity index (χ3n) is 1.48. The normalized spacial score (nSPS) is 13.2. The molecule has 12 heavy (non-hydrogen) atoms. The molecule has 68 valence electrons. The van der Waals surface area contributed by atoms with Crippen molar-refractivity contribution in [1.82, 2.24) is 15.0 Å². The minimum Gasteiger partial charge on any atom is -0.387 e. The van der Waals surface area contributed by atoms with Crippen molar-refractivity contribution in [3.63, 3.8) is 0 Å². The van der Waals surface area contributed by atoms with Crippen molar-refractivity contribution in [2.24, 2.45) is 0 Å². The second kappa shape index (κ2) is 4.18. The van der Waals surface area contributed by atoms with Crippen LogP contribution in [0.4, 0.5) is 0 Å². The van der Waals surface area contributed by atoms with Crippen molar-refractivity contribution in [3.8, 4) is 0 Å². The molecule has 1 atom stereocenters. The summed E-state index contributed by atoms with van der Waals surface area (Å²) in [7, 11) is 1.62. The molecule has 1 unspecified atom stereocenters. The molecule has 0 aromatic carbocycles. The summed E-state index contributed by atoms with van der Waals surface area (Å²) in [6, 6.07) is 0. The van der Waals surface area contributed by atoms with Gasteiger partial charge in [0, 0.05) is 7.11 Å². The van der Waals surface area contributed by atoms with Crippen molar-refractivity contribution in [3.05, 3.63) is 11.9 Å². The summed E-state index contributed by atoms with van der Waals surface area (Å²) in [5.74, 6) is 0. The molecule has 1 aromatic heterocycles. The molecule has 5 heteroatoms. The summed E-state index contributed by atoms with van der Waals surface area (Å²) < 4.78 is 4.85. The van der Waals surface area contributed by atoms with Gasteiger partial charge < -0.3 is 9.84 Å². The Balaban J connectivity index is 2.52. The first kappa shape index (κ1) is 9.15. The highest BCUT2D eigenvalue weighted by Gasteiger charge is 2.04. The molecule has 0 aliphatic heterocycles. The van der Waals surface area contributed by atoms with E-state index in [9.17, 15) is 0 Å². The van der Waals surface area contributed by atoms with Crippen LogP contribution in [0, 0.1) is 0 Å². The summed E-state index contributed by atoms with van der Waals surface area (Å²) in [5.41, 5.74) is 0.589. The molecule has 0 bridgehead atoms. The lowest BCUT2D eigenvalue weighted by molar-refractivity contribution is 0.174. The number of rotatable bonds is 4. The van der Waals surface area contributed by atoms with E-state index in [1.165, 1.54) is 4.80 Å². The molecule has 0 aliphatic carbocycles. The predicted octanol–water partition coefficient (Wildman–Crippen LogP) is -0.0222. The molecule has 0 fully saturated rings. The highest BCUT2D eigenvalue weighted by atomic mass is 16.5. The molecule has 1 heterocycles. The quantitative estimate of drug-likeness (QED) is 0.691. The van der Waals surface area contributed by atoms with Gasteiger partial charge in [-0.25, -0.2) is 0 Å². The molecular formula is C7H13N3O2. The van der Waals surface area contributed by atoms with Crippen LogP contribution in [0.3, 0.4) is 0 Å². The van der Waals surface area contributed by atoms with E-state index in [0.29, 0.717) is 18.8 Å². The van der Waals surface area contributed by atoms with Crippen LogP contribution in [0.15, 0.2) is 6.20 Å². The van der Waals surface area contributed by atoms with Gasteiger partial charge in [-0.15, -0.1) is 0 Å². The first-order valence-electron chi connectivity index (χ1n) is 3.81. The Labute approximate surface area is 71.0 Å². The molecule has 0 saturated carbocycles. The lowest BCUT2D eigenvalue weighted by Gasteiger charge is -1.98. The molecule has 1 N–H and O–H groups in total. The molecule has 1 rings (SSSR count). The van der Waals surface area contributed by atoms with Gasteiger partial charge in [0.05, 0.1) is 25.5 Å². The highest BCUT2D eigenvalue weighted by molar-refractivity contribution is 4.94. The van der Waals surface area contributed by atoms with Crippen molar-refractivity contribution < 1.29 is 9.84 Å². The molecule has 0 saturated heterocycles. The van der Waals surface area contributed by atoms with E-state index >= 15 is 0 Å². The van der Waals surface area contributed by atoms with Gasteiger partial charge in [-0.2, -0.15) is 15.0 Å². The van der Waals surface area contributed by atoms with Crippen LogP contribution in [0.5, 0.6) is 0 Å². The Morgan fingerprint density at radius 2 is 2.50 bits per heavy atom. The van der Waals surface area contributed by atoms with Crippen LogP contribution in [-0.4, -0.2) is 33.8 Å². The fourth-order valence-corrected chi connectivity index (χ4v) is 0.783. The molecule has 1 aromatic rings. The van der Waals surface area contributed by atoms with E-state index in [2.05, 4.69) is 10.2 Å². The second-order valence-electron chi connectivity index (χ2n) is 2.53. The monoisotopic (exact) mass is 171 g/mol. The zero-order valence-corrected chi connectivity index (χ0v) is 7.27. The number of hydrogen-bond acceptors (Lipinski definition) is 4. The number of aliphatic hydroxyl groups is 1. The number of hydrogen-bond donors (Lipinski definition) is 1. The summed E-state index contributed by atoms with van der Waals surface area (Å²) in [6.07, 6.45) is 1.00. The summed E-state index contributed by atoms with van der Waals surface area (Å²) in [4.78, 5) is 1.51. The van der Waals surface area contributed by atoms with Gasteiger partial charge in [-0.05, 0) is 6.92 Å². The van der Waals surface area contributed by atoms with Crippen molar-refractivity contribution >= 4 is 0 Å². The molecular weight excluding hydrogens is 158 g/mol. The smallest absolute Gasteiger partial charge is 0.111 e. The van der Waals surface area contributed by atoms with Gasteiger partial charge in [0.2, 0.25) is 0 Å². The highest BCUT2D eigenvalue weighted by Crippen LogP contribution is 2.05. The SMILES string of the molecule is COCCn1ncc(C(C)O)n1. The minimum absolute atomic E-state index is 0.554. The Morgan fingerprint density at radius 1 is 1.75 bits per heavy atom. The van der Waals surface area contributed by atoms with E-state index in [1.807, 2.05) is 0 Å². The fourth-order valence-electron chi connectivity index (χ4n) is 0.783. The van der Waals surface area contributed by atoms with E-state index < -0.39 is 6.10 Å². The lowest BCUT2D eigenvalue weighted by Crippen LogP contribution is -2.08. The Kier molecular flexibility index (Phi) is 3.19. The van der Waals surface area contributed by atoms with Crippen LogP contribution in [-0.2, 0) is 11.3 Å². The molecule has 5 nitrogen and oxygen atoms in total. The number of aromatic nitrogens is 3. The number of ether oxygens (including phenoxy) is 1.